The lowest BCUT2D eigenvalue weighted by Gasteiger charge is -2.22. The van der Waals surface area contributed by atoms with Crippen molar-refractivity contribution in [3.63, 3.8) is 0 Å². The van der Waals surface area contributed by atoms with Gasteiger partial charge in [0.1, 0.15) is 4.99 Å². The molecule has 0 spiro atoms. The molecule has 1 aromatic carbocycles. The van der Waals surface area contributed by atoms with E-state index in [1.54, 1.807) is 4.90 Å². The van der Waals surface area contributed by atoms with E-state index in [1.165, 1.54) is 6.42 Å². The molecule has 0 aromatic heterocycles. The summed E-state index contributed by atoms with van der Waals surface area (Å²) in [5.41, 5.74) is 7.31. The third kappa shape index (κ3) is 2.37. The molecule has 1 aromatic rings. The summed E-state index contributed by atoms with van der Waals surface area (Å²) >= 11 is 4.98. The van der Waals surface area contributed by atoms with Gasteiger partial charge >= 0.3 is 0 Å². The van der Waals surface area contributed by atoms with E-state index in [-0.39, 0.29) is 11.8 Å². The van der Waals surface area contributed by atoms with Crippen molar-refractivity contribution in [2.45, 2.75) is 19.3 Å². The number of nitrogens with zero attached hydrogens (tertiary/aromatic N) is 1. The number of thiocarbonyl (C=S) groups is 1. The van der Waals surface area contributed by atoms with Crippen molar-refractivity contribution in [1.29, 1.82) is 0 Å². The van der Waals surface area contributed by atoms with Crippen LogP contribution in [-0.4, -0.2) is 17.9 Å². The molecule has 0 bridgehead atoms. The molecule has 0 heterocycles. The van der Waals surface area contributed by atoms with Crippen LogP contribution in [0.1, 0.15) is 24.8 Å². The van der Waals surface area contributed by atoms with Crippen molar-refractivity contribution in [2.75, 3.05) is 11.9 Å². The molecular formula is C15H18N2OS. The van der Waals surface area contributed by atoms with Gasteiger partial charge in [0.05, 0.1) is 0 Å². The Labute approximate surface area is 118 Å². The van der Waals surface area contributed by atoms with Crippen molar-refractivity contribution in [1.82, 2.24) is 0 Å². The number of carbonyl (C=O) groups excluding carboxylic acids is 1. The largest absolute Gasteiger partial charge is 0.389 e. The van der Waals surface area contributed by atoms with Crippen molar-refractivity contribution in [2.24, 2.45) is 23.5 Å². The number of anilines is 1. The zero-order valence-corrected chi connectivity index (χ0v) is 11.8. The minimum absolute atomic E-state index is 0.210. The number of nitrogens with two attached hydrogens (primary N) is 1. The maximum Gasteiger partial charge on any atom is 0.229 e. The smallest absolute Gasteiger partial charge is 0.229 e. The van der Waals surface area contributed by atoms with Gasteiger partial charge in [-0.2, -0.15) is 0 Å². The molecular weight excluding hydrogens is 256 g/mol. The van der Waals surface area contributed by atoms with Crippen LogP contribution in [0.5, 0.6) is 0 Å². The summed E-state index contributed by atoms with van der Waals surface area (Å²) < 4.78 is 0. The molecule has 3 nitrogen and oxygen atoms in total. The van der Waals surface area contributed by atoms with Gasteiger partial charge in [-0.05, 0) is 43.2 Å². The van der Waals surface area contributed by atoms with Crippen LogP contribution < -0.4 is 10.6 Å². The highest BCUT2D eigenvalue weighted by molar-refractivity contribution is 7.80. The first-order chi connectivity index (χ1) is 9.06. The zero-order valence-electron chi connectivity index (χ0n) is 11.0. The lowest BCUT2D eigenvalue weighted by Crippen LogP contribution is -2.32. The van der Waals surface area contributed by atoms with Gasteiger partial charge < -0.3 is 10.6 Å². The lowest BCUT2D eigenvalue weighted by molar-refractivity contribution is -0.122. The molecule has 2 atom stereocenters. The van der Waals surface area contributed by atoms with Crippen LogP contribution in [0, 0.1) is 17.8 Å². The maximum atomic E-state index is 12.5. The molecule has 2 aliphatic rings. The first-order valence-corrected chi connectivity index (χ1v) is 7.14. The molecule has 2 unspecified atom stereocenters. The highest BCUT2D eigenvalue weighted by Gasteiger charge is 2.48. The highest BCUT2D eigenvalue weighted by atomic mass is 32.1. The topological polar surface area (TPSA) is 46.3 Å². The van der Waals surface area contributed by atoms with Gasteiger partial charge in [-0.1, -0.05) is 24.4 Å². The number of rotatable bonds is 3. The van der Waals surface area contributed by atoms with E-state index in [0.29, 0.717) is 4.99 Å². The number of hydrogen-bond acceptors (Lipinski definition) is 2. The quantitative estimate of drug-likeness (QED) is 0.861. The molecule has 2 fully saturated rings. The van der Waals surface area contributed by atoms with E-state index in [9.17, 15) is 4.79 Å². The van der Waals surface area contributed by atoms with Crippen LogP contribution in [0.2, 0.25) is 0 Å². The predicted molar refractivity (Wildman–Crippen MR) is 80.1 cm³/mol. The first-order valence-electron chi connectivity index (χ1n) is 6.73. The van der Waals surface area contributed by atoms with E-state index < -0.39 is 0 Å². The Hall–Kier alpha value is -1.42. The van der Waals surface area contributed by atoms with E-state index in [4.69, 9.17) is 18.0 Å². The maximum absolute atomic E-state index is 12.5. The Balaban J connectivity index is 1.75. The number of fused-ring (bicyclic) bond motifs is 1. The predicted octanol–water partition coefficient (Wildman–Crippen LogP) is 2.33. The number of hydrogen-bond donors (Lipinski definition) is 1. The summed E-state index contributed by atoms with van der Waals surface area (Å²) in [7, 11) is 1.84. The van der Waals surface area contributed by atoms with Gasteiger partial charge in [0.2, 0.25) is 5.91 Å². The van der Waals surface area contributed by atoms with Crippen molar-refractivity contribution in [3.05, 3.63) is 29.8 Å². The van der Waals surface area contributed by atoms with Gasteiger partial charge in [-0.25, -0.2) is 0 Å². The fraction of sp³-hybridized carbons (Fsp3) is 0.467. The van der Waals surface area contributed by atoms with Crippen LogP contribution >= 0.6 is 12.2 Å². The Bertz CT molecular complexity index is 533. The minimum Gasteiger partial charge on any atom is -0.389 e. The number of carbonyl (C=O) groups is 1. The minimum atomic E-state index is 0.210. The van der Waals surface area contributed by atoms with Gasteiger partial charge in [0, 0.05) is 24.2 Å². The van der Waals surface area contributed by atoms with Crippen LogP contribution in [0.4, 0.5) is 5.69 Å². The molecule has 0 aliphatic heterocycles. The van der Waals surface area contributed by atoms with E-state index in [2.05, 4.69) is 0 Å². The Kier molecular flexibility index (Phi) is 3.05. The summed E-state index contributed by atoms with van der Waals surface area (Å²) in [4.78, 5) is 14.6. The van der Waals surface area contributed by atoms with Gasteiger partial charge in [-0.3, -0.25) is 4.79 Å². The monoisotopic (exact) mass is 274 g/mol. The molecule has 4 heteroatoms. The molecule has 2 N–H and O–H groups in total. The van der Waals surface area contributed by atoms with Crippen LogP contribution in [0.25, 0.3) is 0 Å². The van der Waals surface area contributed by atoms with Gasteiger partial charge in [0.25, 0.3) is 0 Å². The van der Waals surface area contributed by atoms with E-state index in [1.807, 2.05) is 31.3 Å². The highest BCUT2D eigenvalue weighted by Crippen LogP contribution is 2.54. The Morgan fingerprint density at radius 3 is 2.63 bits per heavy atom. The first kappa shape index (κ1) is 12.6. The molecule has 3 rings (SSSR count). The van der Waals surface area contributed by atoms with E-state index >= 15 is 0 Å². The van der Waals surface area contributed by atoms with Gasteiger partial charge in [-0.15, -0.1) is 0 Å². The van der Waals surface area contributed by atoms with Crippen molar-refractivity contribution in [3.8, 4) is 0 Å². The number of benzene rings is 1. The van der Waals surface area contributed by atoms with Gasteiger partial charge in [0.15, 0.2) is 0 Å². The molecule has 100 valence electrons. The normalized spacial score (nSPS) is 27.7. The zero-order chi connectivity index (χ0) is 13.6. The molecule has 0 saturated heterocycles. The van der Waals surface area contributed by atoms with Crippen LogP contribution in [0.3, 0.4) is 0 Å². The number of amides is 1. The van der Waals surface area contributed by atoms with Crippen LogP contribution in [-0.2, 0) is 4.79 Å². The second-order valence-corrected chi connectivity index (χ2v) is 6.18. The average molecular weight is 274 g/mol. The average Bonchev–Trinajstić information content (AvgIpc) is 3.03. The Morgan fingerprint density at radius 2 is 2.00 bits per heavy atom. The third-order valence-corrected chi connectivity index (χ3v) is 4.68. The second kappa shape index (κ2) is 4.60. The fourth-order valence-corrected chi connectivity index (χ4v) is 3.31. The standard InChI is InChI=1S/C15H18N2OS/c1-17(13-4-2-3-9(8-13)14(16)19)15(18)12-6-10-5-11(10)7-12/h2-4,8,10-12H,5-7H2,1H3,(H2,16,19). The second-order valence-electron chi connectivity index (χ2n) is 5.74. The van der Waals surface area contributed by atoms with Crippen molar-refractivity contribution < 1.29 is 4.79 Å². The summed E-state index contributed by atoms with van der Waals surface area (Å²) in [6.07, 6.45) is 3.48. The van der Waals surface area contributed by atoms with Crippen molar-refractivity contribution >= 4 is 28.8 Å². The summed E-state index contributed by atoms with van der Waals surface area (Å²) in [5.74, 6) is 2.09. The third-order valence-electron chi connectivity index (χ3n) is 4.44. The van der Waals surface area contributed by atoms with Crippen LogP contribution in [0.15, 0.2) is 24.3 Å². The summed E-state index contributed by atoms with van der Waals surface area (Å²) in [5, 5.41) is 0. The summed E-state index contributed by atoms with van der Waals surface area (Å²) in [6.45, 7) is 0. The lowest BCUT2D eigenvalue weighted by atomic mass is 10.0. The summed E-state index contributed by atoms with van der Waals surface area (Å²) in [6, 6.07) is 7.57. The van der Waals surface area contributed by atoms with E-state index in [0.717, 1.165) is 35.9 Å². The Morgan fingerprint density at radius 1 is 1.32 bits per heavy atom. The molecule has 2 saturated carbocycles. The SMILES string of the molecule is CN(C(=O)C1CC2CC2C1)c1cccc(C(N)=S)c1. The molecule has 0 radical (unpaired) electrons. The fourth-order valence-electron chi connectivity index (χ4n) is 3.19. The molecule has 2 aliphatic carbocycles. The molecule has 19 heavy (non-hydrogen) atoms. The molecule has 1 amide bonds.